The van der Waals surface area contributed by atoms with Gasteiger partial charge in [0.1, 0.15) is 31.0 Å². The van der Waals surface area contributed by atoms with Crippen LogP contribution in [0.4, 0.5) is 21.0 Å². The van der Waals surface area contributed by atoms with Gasteiger partial charge in [-0.25, -0.2) is 9.59 Å². The molecule has 0 spiro atoms. The summed E-state index contributed by atoms with van der Waals surface area (Å²) in [4.78, 5) is 63.8. The average molecular weight is 1200 g/mol. The van der Waals surface area contributed by atoms with Crippen LogP contribution in [0.2, 0.25) is 5.04 Å². The molecule has 18 nitrogen and oxygen atoms in total. The van der Waals surface area contributed by atoms with Gasteiger partial charge in [-0.3, -0.25) is 23.9 Å². The van der Waals surface area contributed by atoms with Crippen molar-refractivity contribution in [2.45, 2.75) is 111 Å². The van der Waals surface area contributed by atoms with Gasteiger partial charge in [-0.15, -0.1) is 0 Å². The van der Waals surface area contributed by atoms with Gasteiger partial charge in [0.15, 0.2) is 0 Å². The quantitative estimate of drug-likeness (QED) is 0.00753. The first kappa shape index (κ1) is 64.8. The number of hydrogen-bond acceptors (Lipinski definition) is 14. The Morgan fingerprint density at radius 1 is 0.682 bits per heavy atom. The van der Waals surface area contributed by atoms with Crippen LogP contribution in [0.1, 0.15) is 103 Å². The predicted octanol–water partition coefficient (Wildman–Crippen LogP) is 11.0. The molecule has 0 saturated heterocycles. The average Bonchev–Trinajstić information content (AvgIpc) is 2.41. The maximum atomic E-state index is 13.6. The van der Waals surface area contributed by atoms with E-state index in [1.54, 1.807) is 32.0 Å². The number of fused-ring (bicyclic) bond motifs is 3. The van der Waals surface area contributed by atoms with Gasteiger partial charge in [0, 0.05) is 43.6 Å². The van der Waals surface area contributed by atoms with Gasteiger partial charge in [-0.05, 0) is 117 Å². The molecule has 85 heavy (non-hydrogen) atoms. The van der Waals surface area contributed by atoms with E-state index in [9.17, 15) is 37.7 Å². The van der Waals surface area contributed by atoms with E-state index >= 15 is 0 Å². The minimum Gasteiger partial charge on any atom is -0.449 e. The van der Waals surface area contributed by atoms with Crippen molar-refractivity contribution in [2.75, 3.05) is 44.1 Å². The largest absolute Gasteiger partial charge is 0.514 e. The van der Waals surface area contributed by atoms with E-state index in [4.69, 9.17) is 27.6 Å². The van der Waals surface area contributed by atoms with E-state index in [1.807, 2.05) is 98.8 Å². The second kappa shape index (κ2) is 29.4. The monoisotopic (exact) mass is 1200 g/mol. The van der Waals surface area contributed by atoms with Gasteiger partial charge in [-0.2, -0.15) is 8.42 Å². The SMILES string of the molecule is CC(NC(=O)C(NC(=O)OCC1c2ccccc2-c2ccccc21)C(C)C)C(=O)Nc1ccc(COC(=O)Oc2ccc([N+](=O)[O-])cc2)c(CCCOCCCS(=O)(=O)OCC(C)(C)CCO[Si](c2ccccc2)(c2ccccc2)C(C)(C)C)c1. The third kappa shape index (κ3) is 17.7. The summed E-state index contributed by atoms with van der Waals surface area (Å²) >= 11 is 0. The number of non-ortho nitro benzene ring substituents is 1. The Labute approximate surface area is 499 Å². The van der Waals surface area contributed by atoms with Crippen LogP contribution in [0.3, 0.4) is 0 Å². The number of aryl methyl sites for hydroxylation is 1. The molecule has 0 fully saturated rings. The number of nitro benzene ring substituents is 1. The molecule has 0 saturated carbocycles. The summed E-state index contributed by atoms with van der Waals surface area (Å²) in [5.41, 5.74) is 5.17. The summed E-state index contributed by atoms with van der Waals surface area (Å²) < 4.78 is 61.2. The summed E-state index contributed by atoms with van der Waals surface area (Å²) in [6, 6.07) is 44.5. The smallest absolute Gasteiger partial charge is 0.449 e. The molecule has 0 aliphatic heterocycles. The number of ether oxygens (including phenoxy) is 4. The standard InChI is InChI=1S/C65H78N4O14SSi/c1-45(2)59(68-62(72)79-43-58-56-28-17-15-26-54(56)55-27-16-18-29-57(55)58)61(71)66-46(3)60(70)67-49-31-30-48(42-80-63(73)83-51-34-32-50(33-35-51)69(74)75)47(41-49)21-19-37-78-38-20-40-84(76,77)81-44-65(7,8)36-39-82-85(64(4,5)6,52-22-11-9-12-23-52)53-24-13-10-14-25-53/h9-18,22-35,41,45-46,58-59H,19-21,36-40,42-44H2,1-8H3,(H,66,71)(H,67,70)(H,68,72). The van der Waals surface area contributed by atoms with Gasteiger partial charge >= 0.3 is 12.2 Å². The van der Waals surface area contributed by atoms with Crippen molar-refractivity contribution >= 4 is 64.2 Å². The summed E-state index contributed by atoms with van der Waals surface area (Å²) in [5.74, 6) is -1.88. The molecule has 0 radical (unpaired) electrons. The van der Waals surface area contributed by atoms with Crippen molar-refractivity contribution in [1.29, 1.82) is 0 Å². The zero-order valence-electron chi connectivity index (χ0n) is 49.6. The Kier molecular flexibility index (Phi) is 22.4. The van der Waals surface area contributed by atoms with E-state index in [2.05, 4.69) is 61.0 Å². The van der Waals surface area contributed by atoms with Crippen LogP contribution >= 0.6 is 0 Å². The minimum absolute atomic E-state index is 0.0179. The second-order valence-corrected chi connectivity index (χ2v) is 29.4. The Morgan fingerprint density at radius 2 is 1.27 bits per heavy atom. The zero-order chi connectivity index (χ0) is 61.4. The third-order valence-corrected chi connectivity index (χ3v) is 21.3. The van der Waals surface area contributed by atoms with E-state index in [1.165, 1.54) is 41.6 Å². The molecular weight excluding hydrogens is 1120 g/mol. The molecule has 6 aromatic rings. The van der Waals surface area contributed by atoms with Crippen LogP contribution in [-0.2, 0) is 55.6 Å². The van der Waals surface area contributed by atoms with Crippen LogP contribution in [0.25, 0.3) is 11.1 Å². The normalized spacial score (nSPS) is 13.2. The van der Waals surface area contributed by atoms with Crippen molar-refractivity contribution in [2.24, 2.45) is 11.3 Å². The first-order chi connectivity index (χ1) is 40.5. The number of anilines is 1. The Bertz CT molecular complexity index is 3270. The van der Waals surface area contributed by atoms with Crippen molar-refractivity contribution < 1.29 is 60.1 Å². The van der Waals surface area contributed by atoms with E-state index in [-0.39, 0.29) is 73.5 Å². The molecule has 1 aliphatic carbocycles. The number of benzene rings is 6. The molecule has 2 atom stereocenters. The number of amides is 3. The fraction of sp³-hybridized carbons (Fsp3) is 0.385. The van der Waals surface area contributed by atoms with Crippen LogP contribution in [0, 0.1) is 21.4 Å². The Hall–Kier alpha value is -7.75. The van der Waals surface area contributed by atoms with Gasteiger partial charge < -0.3 is 39.3 Å². The number of nitro groups is 1. The van der Waals surface area contributed by atoms with Crippen molar-refractivity contribution in [3.05, 3.63) is 184 Å². The second-order valence-electron chi connectivity index (χ2n) is 23.3. The van der Waals surface area contributed by atoms with Crippen LogP contribution in [-0.4, -0.2) is 96.6 Å². The molecule has 0 aromatic heterocycles. The van der Waals surface area contributed by atoms with Gasteiger partial charge in [0.05, 0.1) is 17.3 Å². The Morgan fingerprint density at radius 3 is 1.86 bits per heavy atom. The van der Waals surface area contributed by atoms with Gasteiger partial charge in [0.2, 0.25) is 11.8 Å². The lowest BCUT2D eigenvalue weighted by atomic mass is 9.91. The third-order valence-electron chi connectivity index (χ3n) is 14.9. The van der Waals surface area contributed by atoms with Gasteiger partial charge in [-0.1, -0.05) is 164 Å². The fourth-order valence-electron chi connectivity index (χ4n) is 10.3. The molecule has 2 unspecified atom stereocenters. The maximum Gasteiger partial charge on any atom is 0.514 e. The predicted molar refractivity (Wildman–Crippen MR) is 329 cm³/mol. The summed E-state index contributed by atoms with van der Waals surface area (Å²) in [7, 11) is -6.67. The highest BCUT2D eigenvalue weighted by molar-refractivity contribution is 7.86. The minimum atomic E-state index is -3.89. The molecule has 20 heteroatoms. The number of hydrogen-bond donors (Lipinski definition) is 3. The highest BCUT2D eigenvalue weighted by Crippen LogP contribution is 2.44. The van der Waals surface area contributed by atoms with Crippen molar-refractivity contribution in [3.63, 3.8) is 0 Å². The fourth-order valence-corrected chi connectivity index (χ4v) is 16.0. The molecule has 3 N–H and O–H groups in total. The molecule has 0 bridgehead atoms. The lowest BCUT2D eigenvalue weighted by molar-refractivity contribution is -0.384. The zero-order valence-corrected chi connectivity index (χ0v) is 51.4. The number of nitrogens with zero attached hydrogens (tertiary/aromatic N) is 1. The Balaban J connectivity index is 0.896. The molecule has 6 aromatic carbocycles. The van der Waals surface area contributed by atoms with Gasteiger partial charge in [0.25, 0.3) is 24.1 Å². The first-order valence-electron chi connectivity index (χ1n) is 28.6. The van der Waals surface area contributed by atoms with Crippen LogP contribution in [0.15, 0.2) is 152 Å². The molecule has 452 valence electrons. The number of alkyl carbamates (subject to hydrolysis) is 1. The molecule has 7 rings (SSSR count). The maximum absolute atomic E-state index is 13.6. The molecule has 3 amide bonds. The molecular formula is C65H78N4O14SSi. The van der Waals surface area contributed by atoms with E-state index < -0.39 is 64.9 Å². The molecule has 0 heterocycles. The summed E-state index contributed by atoms with van der Waals surface area (Å²) in [6.07, 6.45) is -0.247. The van der Waals surface area contributed by atoms with Crippen LogP contribution < -0.4 is 31.1 Å². The number of carbonyl (C=O) groups is 4. The van der Waals surface area contributed by atoms with E-state index in [0.717, 1.165) is 22.3 Å². The van der Waals surface area contributed by atoms with E-state index in [0.29, 0.717) is 42.7 Å². The number of nitrogens with one attached hydrogen (secondary N) is 3. The highest BCUT2D eigenvalue weighted by atomic mass is 32.2. The molecule has 1 aliphatic rings. The van der Waals surface area contributed by atoms with Crippen molar-refractivity contribution in [3.8, 4) is 16.9 Å². The summed E-state index contributed by atoms with van der Waals surface area (Å²) in [6.45, 7) is 16.2. The topological polar surface area (TPSA) is 237 Å². The van der Waals surface area contributed by atoms with Crippen molar-refractivity contribution in [1.82, 2.24) is 10.6 Å². The number of carbonyl (C=O) groups excluding carboxylic acids is 4. The lowest BCUT2D eigenvalue weighted by Gasteiger charge is -2.43. The first-order valence-corrected chi connectivity index (χ1v) is 32.1. The lowest BCUT2D eigenvalue weighted by Crippen LogP contribution is -2.66. The number of rotatable bonds is 29. The summed E-state index contributed by atoms with van der Waals surface area (Å²) in [5, 5.41) is 21.5. The highest BCUT2D eigenvalue weighted by Gasteiger charge is 2.50. The van der Waals surface area contributed by atoms with Crippen LogP contribution in [0.5, 0.6) is 5.75 Å².